The molecular formula is C19H19N3OS. The zero-order valence-electron chi connectivity index (χ0n) is 13.7. The maximum absolute atomic E-state index is 12.2. The van der Waals surface area contributed by atoms with Crippen molar-refractivity contribution in [2.24, 2.45) is 0 Å². The van der Waals surface area contributed by atoms with E-state index in [2.05, 4.69) is 23.5 Å². The average molecular weight is 337 g/mol. The summed E-state index contributed by atoms with van der Waals surface area (Å²) in [6.45, 7) is 2.70. The third-order valence-electron chi connectivity index (χ3n) is 3.77. The molecule has 0 bridgehead atoms. The first-order valence-corrected chi connectivity index (χ1v) is 8.57. The molecule has 24 heavy (non-hydrogen) atoms. The van der Waals surface area contributed by atoms with Crippen LogP contribution in [-0.2, 0) is 11.3 Å². The number of carbonyl (C=O) groups is 1. The number of carbonyl (C=O) groups excluding carboxylic acids is 1. The maximum Gasteiger partial charge on any atom is 0.246 e. The first-order valence-electron chi connectivity index (χ1n) is 7.70. The fourth-order valence-electron chi connectivity index (χ4n) is 2.30. The van der Waals surface area contributed by atoms with Crippen LogP contribution in [0.3, 0.4) is 0 Å². The van der Waals surface area contributed by atoms with Crippen LogP contribution in [0.25, 0.3) is 11.8 Å². The van der Waals surface area contributed by atoms with E-state index < -0.39 is 0 Å². The molecule has 4 nitrogen and oxygen atoms in total. The van der Waals surface area contributed by atoms with Gasteiger partial charge >= 0.3 is 0 Å². The van der Waals surface area contributed by atoms with Crippen molar-refractivity contribution in [2.45, 2.75) is 13.5 Å². The molecular weight excluding hydrogens is 318 g/mol. The van der Waals surface area contributed by atoms with Crippen molar-refractivity contribution < 1.29 is 4.79 Å². The molecule has 1 amide bonds. The molecule has 1 aromatic carbocycles. The first kappa shape index (κ1) is 16.2. The number of likely N-dealkylation sites (N-methyl/N-ethyl adjacent to an activating group) is 1. The number of hydrogen-bond donors (Lipinski definition) is 0. The third kappa shape index (κ3) is 3.81. The zero-order valence-corrected chi connectivity index (χ0v) is 14.5. The molecule has 3 rings (SSSR count). The number of aromatic nitrogens is 2. The lowest BCUT2D eigenvalue weighted by Crippen LogP contribution is -2.23. The van der Waals surface area contributed by atoms with E-state index in [9.17, 15) is 4.79 Å². The van der Waals surface area contributed by atoms with Crippen molar-refractivity contribution in [3.05, 3.63) is 76.3 Å². The van der Waals surface area contributed by atoms with Crippen molar-refractivity contribution >= 4 is 23.3 Å². The Kier molecular flexibility index (Phi) is 4.91. The quantitative estimate of drug-likeness (QED) is 0.662. The highest BCUT2D eigenvalue weighted by Gasteiger charge is 2.08. The first-order chi connectivity index (χ1) is 11.6. The molecule has 0 atom stereocenters. The second kappa shape index (κ2) is 7.27. The van der Waals surface area contributed by atoms with Gasteiger partial charge in [0.05, 0.1) is 18.4 Å². The Hall–Kier alpha value is -2.66. The maximum atomic E-state index is 12.2. The highest BCUT2D eigenvalue weighted by atomic mass is 32.1. The van der Waals surface area contributed by atoms with Crippen molar-refractivity contribution in [3.63, 3.8) is 0 Å². The lowest BCUT2D eigenvalue weighted by Gasteiger charge is -2.14. The molecule has 0 spiro atoms. The molecule has 0 aliphatic rings. The molecule has 2 aromatic heterocycles. The van der Waals surface area contributed by atoms with Gasteiger partial charge in [-0.25, -0.2) is 4.68 Å². The van der Waals surface area contributed by atoms with Crippen molar-refractivity contribution in [1.82, 2.24) is 14.7 Å². The fraction of sp³-hybridized carbons (Fsp3) is 0.158. The highest BCUT2D eigenvalue weighted by molar-refractivity contribution is 7.10. The van der Waals surface area contributed by atoms with Crippen LogP contribution in [0.15, 0.2) is 60.2 Å². The summed E-state index contributed by atoms with van der Waals surface area (Å²) in [6.07, 6.45) is 7.05. The molecule has 122 valence electrons. The SMILES string of the molecule is Cc1ccsc1CN(C)C(=O)/C=C/c1cnn(-c2ccccc2)c1. The lowest BCUT2D eigenvalue weighted by atomic mass is 10.2. The largest absolute Gasteiger partial charge is 0.337 e. The second-order valence-electron chi connectivity index (χ2n) is 5.61. The van der Waals surface area contributed by atoms with Gasteiger partial charge in [0.15, 0.2) is 0 Å². The summed E-state index contributed by atoms with van der Waals surface area (Å²) in [7, 11) is 1.82. The van der Waals surface area contributed by atoms with E-state index in [4.69, 9.17) is 0 Å². The predicted octanol–water partition coefficient (Wildman–Crippen LogP) is 3.91. The van der Waals surface area contributed by atoms with Crippen LogP contribution in [0.2, 0.25) is 0 Å². The Morgan fingerprint density at radius 1 is 1.29 bits per heavy atom. The summed E-state index contributed by atoms with van der Waals surface area (Å²) in [5.41, 5.74) is 3.12. The van der Waals surface area contributed by atoms with Crippen molar-refractivity contribution in [3.8, 4) is 5.69 Å². The summed E-state index contributed by atoms with van der Waals surface area (Å²) in [6, 6.07) is 12.0. The van der Waals surface area contributed by atoms with E-state index in [0.29, 0.717) is 6.54 Å². The number of amides is 1. The van der Waals surface area contributed by atoms with Gasteiger partial charge in [-0.15, -0.1) is 11.3 Å². The monoisotopic (exact) mass is 337 g/mol. The summed E-state index contributed by atoms with van der Waals surface area (Å²) < 4.78 is 1.79. The molecule has 5 heteroatoms. The number of para-hydroxylation sites is 1. The molecule has 0 saturated heterocycles. The van der Waals surface area contributed by atoms with E-state index >= 15 is 0 Å². The number of hydrogen-bond acceptors (Lipinski definition) is 3. The van der Waals surface area contributed by atoms with Crippen LogP contribution in [0.5, 0.6) is 0 Å². The number of thiophene rings is 1. The minimum atomic E-state index is -0.0183. The molecule has 2 heterocycles. The van der Waals surface area contributed by atoms with Gasteiger partial charge in [-0.3, -0.25) is 4.79 Å². The third-order valence-corrected chi connectivity index (χ3v) is 4.77. The fourth-order valence-corrected chi connectivity index (χ4v) is 3.26. The normalized spacial score (nSPS) is 11.1. The van der Waals surface area contributed by atoms with Gasteiger partial charge < -0.3 is 4.90 Å². The summed E-state index contributed by atoms with van der Waals surface area (Å²) in [4.78, 5) is 15.2. The number of nitrogens with zero attached hydrogens (tertiary/aromatic N) is 3. The van der Waals surface area contributed by atoms with Crippen LogP contribution in [-0.4, -0.2) is 27.6 Å². The Morgan fingerprint density at radius 2 is 2.08 bits per heavy atom. The topological polar surface area (TPSA) is 38.1 Å². The average Bonchev–Trinajstić information content (AvgIpc) is 3.23. The van der Waals surface area contributed by atoms with Crippen LogP contribution in [0.4, 0.5) is 0 Å². The zero-order chi connectivity index (χ0) is 16.9. The minimum absolute atomic E-state index is 0.0183. The van der Waals surface area contributed by atoms with Gasteiger partial charge in [-0.1, -0.05) is 18.2 Å². The van der Waals surface area contributed by atoms with E-state index in [1.165, 1.54) is 10.4 Å². The van der Waals surface area contributed by atoms with Gasteiger partial charge in [0.25, 0.3) is 0 Å². The molecule has 0 radical (unpaired) electrons. The Balaban J connectivity index is 1.64. The van der Waals surface area contributed by atoms with E-state index in [1.807, 2.05) is 43.6 Å². The van der Waals surface area contributed by atoms with E-state index in [1.54, 1.807) is 39.3 Å². The molecule has 0 fully saturated rings. The molecule has 0 aliphatic heterocycles. The Bertz CT molecular complexity index is 848. The number of benzene rings is 1. The van der Waals surface area contributed by atoms with E-state index in [-0.39, 0.29) is 5.91 Å². The van der Waals surface area contributed by atoms with Crippen molar-refractivity contribution in [2.75, 3.05) is 7.05 Å². The second-order valence-corrected chi connectivity index (χ2v) is 6.61. The van der Waals surface area contributed by atoms with Gasteiger partial charge in [0, 0.05) is 29.8 Å². The van der Waals surface area contributed by atoms with Crippen LogP contribution < -0.4 is 0 Å². The van der Waals surface area contributed by atoms with Crippen molar-refractivity contribution in [1.29, 1.82) is 0 Å². The van der Waals surface area contributed by atoms with E-state index in [0.717, 1.165) is 11.3 Å². The van der Waals surface area contributed by atoms with Gasteiger partial charge in [0.1, 0.15) is 0 Å². The van der Waals surface area contributed by atoms with Crippen LogP contribution >= 0.6 is 11.3 Å². The smallest absolute Gasteiger partial charge is 0.246 e. The predicted molar refractivity (Wildman–Crippen MR) is 98.1 cm³/mol. The molecule has 0 unspecified atom stereocenters. The molecule has 0 N–H and O–H groups in total. The van der Waals surface area contributed by atoms with Gasteiger partial charge in [-0.2, -0.15) is 5.10 Å². The molecule has 0 saturated carbocycles. The summed E-state index contributed by atoms with van der Waals surface area (Å²) in [5, 5.41) is 6.38. The standard InChI is InChI=1S/C19H19N3OS/c1-15-10-11-24-18(15)14-21(2)19(23)9-8-16-12-20-22(13-16)17-6-4-3-5-7-17/h3-13H,14H2,1-2H3/b9-8+. The number of aryl methyl sites for hydroxylation is 1. The Morgan fingerprint density at radius 3 is 2.79 bits per heavy atom. The molecule has 0 aliphatic carbocycles. The van der Waals surface area contributed by atoms with Gasteiger partial charge in [-0.05, 0) is 42.1 Å². The summed E-state index contributed by atoms with van der Waals surface area (Å²) in [5.74, 6) is -0.0183. The Labute approximate surface area is 145 Å². The summed E-state index contributed by atoms with van der Waals surface area (Å²) >= 11 is 1.68. The minimum Gasteiger partial charge on any atom is -0.337 e. The lowest BCUT2D eigenvalue weighted by molar-refractivity contribution is -0.125. The highest BCUT2D eigenvalue weighted by Crippen LogP contribution is 2.17. The van der Waals surface area contributed by atoms with Crippen LogP contribution in [0, 0.1) is 6.92 Å². The van der Waals surface area contributed by atoms with Gasteiger partial charge in [0.2, 0.25) is 5.91 Å². The van der Waals surface area contributed by atoms with Crippen LogP contribution in [0.1, 0.15) is 16.0 Å². The molecule has 3 aromatic rings. The number of rotatable bonds is 5.